The molecule has 2 heterocycles. The molecule has 0 fully saturated rings. The van der Waals surface area contributed by atoms with Crippen LogP contribution in [0.15, 0.2) is 30.7 Å². The minimum Gasteiger partial charge on any atom is -0.477 e. The average Bonchev–Trinajstić information content (AvgIpc) is 2.46. The first kappa shape index (κ1) is 13.7. The van der Waals surface area contributed by atoms with Crippen molar-refractivity contribution in [1.29, 1.82) is 0 Å². The fraction of sp³-hybridized carbons (Fsp3) is 0.231. The molecule has 2 N–H and O–H groups in total. The predicted molar refractivity (Wildman–Crippen MR) is 71.7 cm³/mol. The smallest absolute Gasteiger partial charge is 0.354 e. The van der Waals surface area contributed by atoms with E-state index < -0.39 is 5.97 Å². The summed E-state index contributed by atoms with van der Waals surface area (Å²) < 4.78 is 5.25. The van der Waals surface area contributed by atoms with Crippen molar-refractivity contribution in [2.45, 2.75) is 13.5 Å². The van der Waals surface area contributed by atoms with Gasteiger partial charge in [-0.3, -0.25) is 4.98 Å². The number of carboxylic acid groups (broad SMARTS) is 1. The van der Waals surface area contributed by atoms with Crippen LogP contribution >= 0.6 is 0 Å². The van der Waals surface area contributed by atoms with Crippen molar-refractivity contribution in [2.75, 3.05) is 11.9 Å². The Bertz CT molecular complexity index is 586. The van der Waals surface area contributed by atoms with Crippen molar-refractivity contribution >= 4 is 11.8 Å². The largest absolute Gasteiger partial charge is 0.477 e. The average molecular weight is 274 g/mol. The fourth-order valence-corrected chi connectivity index (χ4v) is 1.50. The highest BCUT2D eigenvalue weighted by molar-refractivity contribution is 5.85. The number of anilines is 1. The Kier molecular flexibility index (Phi) is 4.43. The second-order valence-electron chi connectivity index (χ2n) is 3.89. The normalized spacial score (nSPS) is 10.1. The van der Waals surface area contributed by atoms with Crippen LogP contribution in [-0.4, -0.2) is 32.6 Å². The van der Waals surface area contributed by atoms with Gasteiger partial charge in [-0.15, -0.1) is 0 Å². The molecule has 0 atom stereocenters. The molecule has 0 aromatic carbocycles. The Morgan fingerprint density at radius 1 is 1.35 bits per heavy atom. The fourth-order valence-electron chi connectivity index (χ4n) is 1.50. The van der Waals surface area contributed by atoms with E-state index in [1.807, 2.05) is 6.92 Å². The molecule has 0 aliphatic rings. The van der Waals surface area contributed by atoms with Crippen molar-refractivity contribution in [3.05, 3.63) is 42.0 Å². The molecule has 7 heteroatoms. The lowest BCUT2D eigenvalue weighted by molar-refractivity contribution is 0.0690. The van der Waals surface area contributed by atoms with E-state index in [1.54, 1.807) is 12.3 Å². The van der Waals surface area contributed by atoms with E-state index in [2.05, 4.69) is 20.3 Å². The molecule has 104 valence electrons. The number of ether oxygens (including phenoxy) is 1. The van der Waals surface area contributed by atoms with Crippen LogP contribution in [0.1, 0.15) is 23.0 Å². The number of carboxylic acids is 1. The van der Waals surface area contributed by atoms with Gasteiger partial charge in [0.2, 0.25) is 5.88 Å². The number of aromatic nitrogens is 3. The first-order chi connectivity index (χ1) is 9.69. The molecule has 7 nitrogen and oxygen atoms in total. The Morgan fingerprint density at radius 2 is 2.20 bits per heavy atom. The third-order valence-corrected chi connectivity index (χ3v) is 2.42. The van der Waals surface area contributed by atoms with E-state index in [0.717, 1.165) is 5.56 Å². The van der Waals surface area contributed by atoms with Crippen LogP contribution in [0.4, 0.5) is 5.82 Å². The number of aromatic carboxylic acids is 1. The van der Waals surface area contributed by atoms with Crippen molar-refractivity contribution in [3.63, 3.8) is 0 Å². The van der Waals surface area contributed by atoms with Gasteiger partial charge in [0.15, 0.2) is 0 Å². The molecule has 0 radical (unpaired) electrons. The van der Waals surface area contributed by atoms with E-state index in [0.29, 0.717) is 24.8 Å². The quantitative estimate of drug-likeness (QED) is 0.825. The molecular formula is C13H14N4O3. The Balaban J connectivity index is 1.97. The van der Waals surface area contributed by atoms with Gasteiger partial charge in [-0.2, -0.15) is 4.98 Å². The summed E-state index contributed by atoms with van der Waals surface area (Å²) in [7, 11) is 0. The van der Waals surface area contributed by atoms with Crippen molar-refractivity contribution in [2.24, 2.45) is 0 Å². The maximum absolute atomic E-state index is 10.7. The monoisotopic (exact) mass is 274 g/mol. The summed E-state index contributed by atoms with van der Waals surface area (Å²) >= 11 is 0. The third-order valence-electron chi connectivity index (χ3n) is 2.42. The number of rotatable bonds is 6. The lowest BCUT2D eigenvalue weighted by Gasteiger charge is -2.07. The van der Waals surface area contributed by atoms with Gasteiger partial charge in [0.25, 0.3) is 0 Å². The maximum atomic E-state index is 10.7. The molecule has 0 aliphatic heterocycles. The van der Waals surface area contributed by atoms with Crippen LogP contribution in [0.25, 0.3) is 0 Å². The molecule has 2 rings (SSSR count). The summed E-state index contributed by atoms with van der Waals surface area (Å²) in [5, 5.41) is 11.8. The van der Waals surface area contributed by atoms with Gasteiger partial charge in [-0.25, -0.2) is 9.78 Å². The minimum absolute atomic E-state index is 0.0203. The zero-order valence-electron chi connectivity index (χ0n) is 10.9. The van der Waals surface area contributed by atoms with Crippen molar-refractivity contribution < 1.29 is 14.6 Å². The number of hydrogen-bond donors (Lipinski definition) is 2. The number of nitrogens with one attached hydrogen (secondary N) is 1. The molecule has 0 unspecified atom stereocenters. The van der Waals surface area contributed by atoms with Crippen LogP contribution in [0.5, 0.6) is 5.88 Å². The highest BCUT2D eigenvalue weighted by atomic mass is 16.5. The first-order valence-electron chi connectivity index (χ1n) is 6.06. The lowest BCUT2D eigenvalue weighted by atomic mass is 10.2. The van der Waals surface area contributed by atoms with Gasteiger partial charge in [0.05, 0.1) is 19.0 Å². The summed E-state index contributed by atoms with van der Waals surface area (Å²) in [6.07, 6.45) is 4.63. The van der Waals surface area contributed by atoms with Gasteiger partial charge >= 0.3 is 5.97 Å². The van der Waals surface area contributed by atoms with E-state index >= 15 is 0 Å². The Labute approximate surface area is 115 Å². The summed E-state index contributed by atoms with van der Waals surface area (Å²) in [6, 6.07) is 3.16. The lowest BCUT2D eigenvalue weighted by Crippen LogP contribution is -2.05. The zero-order valence-corrected chi connectivity index (χ0v) is 10.9. The maximum Gasteiger partial charge on any atom is 0.354 e. The van der Waals surface area contributed by atoms with Crippen LogP contribution < -0.4 is 10.1 Å². The SMILES string of the molecule is CCOc1cncc(NCc2ccc(C(=O)O)nc2)n1. The molecule has 0 saturated carbocycles. The molecule has 0 aliphatic carbocycles. The number of nitrogens with zero attached hydrogens (tertiary/aromatic N) is 3. The number of carbonyl (C=O) groups is 1. The molecule has 2 aromatic rings. The number of pyridine rings is 1. The van der Waals surface area contributed by atoms with Gasteiger partial charge in [-0.1, -0.05) is 6.07 Å². The Morgan fingerprint density at radius 3 is 2.85 bits per heavy atom. The van der Waals surface area contributed by atoms with E-state index in [-0.39, 0.29) is 5.69 Å². The van der Waals surface area contributed by atoms with Gasteiger partial charge in [0.1, 0.15) is 11.5 Å². The van der Waals surface area contributed by atoms with Crippen LogP contribution in [-0.2, 0) is 6.54 Å². The summed E-state index contributed by atoms with van der Waals surface area (Å²) in [6.45, 7) is 2.87. The van der Waals surface area contributed by atoms with Crippen LogP contribution in [0, 0.1) is 0 Å². The van der Waals surface area contributed by atoms with Crippen molar-refractivity contribution in [3.8, 4) is 5.88 Å². The second kappa shape index (κ2) is 6.46. The predicted octanol–water partition coefficient (Wildman–Crippen LogP) is 1.58. The van der Waals surface area contributed by atoms with Crippen LogP contribution in [0.3, 0.4) is 0 Å². The van der Waals surface area contributed by atoms with E-state index in [1.165, 1.54) is 18.5 Å². The van der Waals surface area contributed by atoms with Gasteiger partial charge < -0.3 is 15.2 Å². The highest BCUT2D eigenvalue weighted by Gasteiger charge is 2.04. The topological polar surface area (TPSA) is 97.2 Å². The third kappa shape index (κ3) is 3.64. The summed E-state index contributed by atoms with van der Waals surface area (Å²) in [4.78, 5) is 22.7. The molecule has 0 saturated heterocycles. The molecule has 2 aromatic heterocycles. The van der Waals surface area contributed by atoms with Gasteiger partial charge in [0, 0.05) is 12.7 Å². The summed E-state index contributed by atoms with van der Waals surface area (Å²) in [5.41, 5.74) is 0.866. The highest BCUT2D eigenvalue weighted by Crippen LogP contribution is 2.10. The first-order valence-corrected chi connectivity index (χ1v) is 6.06. The van der Waals surface area contributed by atoms with Crippen molar-refractivity contribution in [1.82, 2.24) is 15.0 Å². The molecule has 0 bridgehead atoms. The molecule has 0 spiro atoms. The Hall–Kier alpha value is -2.70. The van der Waals surface area contributed by atoms with Gasteiger partial charge in [-0.05, 0) is 18.6 Å². The second-order valence-corrected chi connectivity index (χ2v) is 3.89. The van der Waals surface area contributed by atoms with E-state index in [9.17, 15) is 4.79 Å². The zero-order chi connectivity index (χ0) is 14.4. The molecular weight excluding hydrogens is 260 g/mol. The summed E-state index contributed by atoms with van der Waals surface area (Å²) in [5.74, 6) is -0.00472. The molecule has 0 amide bonds. The molecule has 20 heavy (non-hydrogen) atoms. The minimum atomic E-state index is -1.04. The van der Waals surface area contributed by atoms with E-state index in [4.69, 9.17) is 9.84 Å². The van der Waals surface area contributed by atoms with Crippen LogP contribution in [0.2, 0.25) is 0 Å². The standard InChI is InChI=1S/C13H14N4O3/c1-2-20-12-8-14-7-11(17-12)16-6-9-3-4-10(13(18)19)15-5-9/h3-5,7-8H,2,6H2,1H3,(H,16,17)(H,18,19). The number of hydrogen-bond acceptors (Lipinski definition) is 6.